The Morgan fingerprint density at radius 3 is 2.17 bits per heavy atom. The van der Waals surface area contributed by atoms with Crippen LogP contribution >= 0.6 is 0 Å². The lowest BCUT2D eigenvalue weighted by Crippen LogP contribution is -2.67. The minimum Gasteiger partial charge on any atom is -0.478 e. The molecule has 10 atom stereocenters. The van der Waals surface area contributed by atoms with Crippen molar-refractivity contribution >= 4 is 17.9 Å². The van der Waals surface area contributed by atoms with Crippen molar-refractivity contribution in [2.75, 3.05) is 6.61 Å². The van der Waals surface area contributed by atoms with Gasteiger partial charge in [0, 0.05) is 17.8 Å². The number of carbonyl (C=O) groups excluding carboxylic acids is 2. The van der Waals surface area contributed by atoms with E-state index in [1.807, 2.05) is 0 Å². The number of fused-ring (bicyclic) bond motifs is 7. The molecule has 0 bridgehead atoms. The second-order valence-electron chi connectivity index (χ2n) is 17.4. The van der Waals surface area contributed by atoms with Gasteiger partial charge >= 0.3 is 17.9 Å². The van der Waals surface area contributed by atoms with Gasteiger partial charge in [-0.3, -0.25) is 4.79 Å². The highest BCUT2D eigenvalue weighted by Gasteiger charge is 2.71. The van der Waals surface area contributed by atoms with E-state index in [-0.39, 0.29) is 50.3 Å². The van der Waals surface area contributed by atoms with Crippen molar-refractivity contribution in [3.63, 3.8) is 0 Å². The quantitative estimate of drug-likeness (QED) is 0.249. The number of allylic oxidation sites excluding steroid dienone is 1. The smallest absolute Gasteiger partial charge is 0.339 e. The van der Waals surface area contributed by atoms with E-state index in [1.165, 1.54) is 30.9 Å². The Labute approximate surface area is 276 Å². The Morgan fingerprint density at radius 1 is 0.826 bits per heavy atom. The number of aromatic carboxylic acids is 1. The topological polar surface area (TPSA) is 89.9 Å². The van der Waals surface area contributed by atoms with E-state index in [4.69, 9.17) is 9.47 Å². The molecule has 5 fully saturated rings. The number of benzene rings is 1. The van der Waals surface area contributed by atoms with Gasteiger partial charge in [0.1, 0.15) is 6.10 Å². The molecular formula is C40H56O6. The SMILES string of the molecule is C=C(C)[C@@H]1CC[C@]2(COC(=O)c3ccccc3C(=O)O)CC[C@]3(C)[C@H](CC[C@@H]4[C@@]5(C)CCC(OC(C)=O)C(C)(C)C5CC[C@]43C)C12. The first kappa shape index (κ1) is 33.3. The van der Waals surface area contributed by atoms with Crippen LogP contribution in [0.3, 0.4) is 0 Å². The van der Waals surface area contributed by atoms with Crippen LogP contribution in [0.1, 0.15) is 133 Å². The maximum atomic E-state index is 13.4. The summed E-state index contributed by atoms with van der Waals surface area (Å²) in [6, 6.07) is 6.37. The third-order valence-corrected chi connectivity index (χ3v) is 15.4. The number of carbonyl (C=O) groups is 3. The molecule has 5 aliphatic rings. The van der Waals surface area contributed by atoms with Gasteiger partial charge in [0.15, 0.2) is 0 Å². The zero-order chi connectivity index (χ0) is 33.4. The monoisotopic (exact) mass is 632 g/mol. The maximum Gasteiger partial charge on any atom is 0.339 e. The van der Waals surface area contributed by atoms with Crippen LogP contribution in [-0.2, 0) is 14.3 Å². The van der Waals surface area contributed by atoms with Crippen molar-refractivity contribution in [2.45, 2.75) is 119 Å². The summed E-state index contributed by atoms with van der Waals surface area (Å²) in [5.74, 6) is 0.625. The van der Waals surface area contributed by atoms with Crippen LogP contribution in [0.15, 0.2) is 36.4 Å². The summed E-state index contributed by atoms with van der Waals surface area (Å²) in [5.41, 5.74) is 1.74. The molecule has 5 aliphatic carbocycles. The van der Waals surface area contributed by atoms with Crippen molar-refractivity contribution in [2.24, 2.45) is 56.7 Å². The number of carboxylic acid groups (broad SMARTS) is 1. The Kier molecular flexibility index (Phi) is 8.12. The molecule has 46 heavy (non-hydrogen) atoms. The molecule has 252 valence electrons. The molecule has 0 saturated heterocycles. The summed E-state index contributed by atoms with van der Waals surface area (Å²) in [6.07, 6.45) is 11.0. The van der Waals surface area contributed by atoms with E-state index in [2.05, 4.69) is 48.1 Å². The van der Waals surface area contributed by atoms with Gasteiger partial charge in [0.2, 0.25) is 0 Å². The standard InChI is InChI=1S/C40H56O6/c1-24(2)26-15-20-40(23-45-35(44)28-12-10-9-11-27(28)34(42)43)22-21-38(7)29(33(26)40)13-14-31-37(6)18-17-32(46-25(3)41)36(4,5)30(37)16-19-39(31,38)8/h9-12,26,29-33H,1,13-23H2,2-8H3,(H,42,43)/t26-,29+,30?,31+,32?,33?,37-,38+,39+,40+/m0/s1. The van der Waals surface area contributed by atoms with E-state index in [9.17, 15) is 19.5 Å². The summed E-state index contributed by atoms with van der Waals surface area (Å²) in [7, 11) is 0. The lowest BCUT2D eigenvalue weighted by Gasteiger charge is -2.73. The van der Waals surface area contributed by atoms with Crippen LogP contribution in [-0.4, -0.2) is 35.7 Å². The average Bonchev–Trinajstić information content (AvgIpc) is 3.38. The summed E-state index contributed by atoms with van der Waals surface area (Å²) in [5, 5.41) is 9.68. The van der Waals surface area contributed by atoms with E-state index in [0.717, 1.165) is 44.9 Å². The molecule has 0 radical (unpaired) electrons. The zero-order valence-electron chi connectivity index (χ0n) is 29.2. The predicted molar refractivity (Wildman–Crippen MR) is 178 cm³/mol. The van der Waals surface area contributed by atoms with Crippen molar-refractivity contribution in [1.29, 1.82) is 0 Å². The van der Waals surface area contributed by atoms with Crippen LogP contribution in [0, 0.1) is 56.7 Å². The maximum absolute atomic E-state index is 13.4. The molecule has 1 aromatic rings. The van der Waals surface area contributed by atoms with Crippen LogP contribution in [0.25, 0.3) is 0 Å². The lowest BCUT2D eigenvalue weighted by atomic mass is 9.32. The van der Waals surface area contributed by atoms with Gasteiger partial charge in [-0.2, -0.15) is 0 Å². The summed E-state index contributed by atoms with van der Waals surface area (Å²) in [4.78, 5) is 37.2. The molecule has 0 aromatic heterocycles. The van der Waals surface area contributed by atoms with Gasteiger partial charge < -0.3 is 14.6 Å². The molecule has 0 aliphatic heterocycles. The van der Waals surface area contributed by atoms with E-state index in [1.54, 1.807) is 25.1 Å². The van der Waals surface area contributed by atoms with Crippen LogP contribution in [0.2, 0.25) is 0 Å². The van der Waals surface area contributed by atoms with Crippen LogP contribution in [0.5, 0.6) is 0 Å². The fraction of sp³-hybridized carbons (Fsp3) is 0.725. The summed E-state index contributed by atoms with van der Waals surface area (Å²) < 4.78 is 12.0. The highest BCUT2D eigenvalue weighted by Crippen LogP contribution is 2.77. The van der Waals surface area contributed by atoms with Crippen LogP contribution < -0.4 is 0 Å². The Hall–Kier alpha value is -2.63. The summed E-state index contributed by atoms with van der Waals surface area (Å²) >= 11 is 0. The fourth-order valence-corrected chi connectivity index (χ4v) is 13.1. The third-order valence-electron chi connectivity index (χ3n) is 15.4. The molecule has 0 amide bonds. The Balaban J connectivity index is 1.30. The van der Waals surface area contributed by atoms with Gasteiger partial charge in [-0.1, -0.05) is 58.9 Å². The Bertz CT molecular complexity index is 1430. The molecule has 6 rings (SSSR count). The van der Waals surface area contributed by atoms with Crippen molar-refractivity contribution < 1.29 is 29.0 Å². The average molecular weight is 633 g/mol. The van der Waals surface area contributed by atoms with Gasteiger partial charge in [-0.25, -0.2) is 9.59 Å². The second kappa shape index (κ2) is 11.2. The minimum atomic E-state index is -1.11. The number of hydrogen-bond acceptors (Lipinski definition) is 5. The Morgan fingerprint density at radius 2 is 1.52 bits per heavy atom. The predicted octanol–water partition coefficient (Wildman–Crippen LogP) is 9.13. The lowest BCUT2D eigenvalue weighted by molar-refractivity contribution is -0.251. The number of esters is 2. The number of carboxylic acids is 1. The first-order valence-electron chi connectivity index (χ1n) is 17.8. The molecule has 1 N–H and O–H groups in total. The molecule has 3 unspecified atom stereocenters. The molecule has 6 nitrogen and oxygen atoms in total. The molecule has 6 heteroatoms. The third kappa shape index (κ3) is 4.73. The molecule has 0 spiro atoms. The minimum absolute atomic E-state index is 0.00980. The summed E-state index contributed by atoms with van der Waals surface area (Å²) in [6.45, 7) is 21.1. The number of rotatable bonds is 6. The van der Waals surface area contributed by atoms with Gasteiger partial charge in [0.25, 0.3) is 0 Å². The molecule has 0 heterocycles. The van der Waals surface area contributed by atoms with Crippen molar-refractivity contribution in [3.05, 3.63) is 47.5 Å². The number of ether oxygens (including phenoxy) is 2. The van der Waals surface area contributed by atoms with E-state index >= 15 is 0 Å². The normalized spacial score (nSPS) is 42.4. The largest absolute Gasteiger partial charge is 0.478 e. The van der Waals surface area contributed by atoms with E-state index < -0.39 is 11.9 Å². The van der Waals surface area contributed by atoms with Gasteiger partial charge in [0.05, 0.1) is 17.7 Å². The first-order valence-corrected chi connectivity index (χ1v) is 17.8. The van der Waals surface area contributed by atoms with Gasteiger partial charge in [-0.05, 0) is 129 Å². The van der Waals surface area contributed by atoms with Crippen molar-refractivity contribution in [3.8, 4) is 0 Å². The first-order chi connectivity index (χ1) is 21.5. The highest BCUT2D eigenvalue weighted by atomic mass is 16.5. The highest BCUT2D eigenvalue weighted by molar-refractivity contribution is 6.02. The van der Waals surface area contributed by atoms with Crippen LogP contribution in [0.4, 0.5) is 0 Å². The second-order valence-corrected chi connectivity index (χ2v) is 17.4. The molecular weight excluding hydrogens is 576 g/mol. The molecule has 5 saturated carbocycles. The van der Waals surface area contributed by atoms with Crippen molar-refractivity contribution in [1.82, 2.24) is 0 Å². The van der Waals surface area contributed by atoms with E-state index in [0.29, 0.717) is 36.2 Å². The molecule has 1 aromatic carbocycles. The fourth-order valence-electron chi connectivity index (χ4n) is 13.1. The van der Waals surface area contributed by atoms with Gasteiger partial charge in [-0.15, -0.1) is 0 Å². The zero-order valence-corrected chi connectivity index (χ0v) is 29.2. The number of hydrogen-bond donors (Lipinski definition) is 1.